The van der Waals surface area contributed by atoms with Crippen LogP contribution in [0.1, 0.15) is 55.0 Å². The summed E-state index contributed by atoms with van der Waals surface area (Å²) < 4.78 is 7.98. The molecule has 3 aromatic rings. The van der Waals surface area contributed by atoms with Crippen molar-refractivity contribution in [3.63, 3.8) is 0 Å². The van der Waals surface area contributed by atoms with Crippen molar-refractivity contribution in [2.45, 2.75) is 82.6 Å². The number of benzene rings is 2. The highest BCUT2D eigenvalue weighted by atomic mass is 16.5. The lowest BCUT2D eigenvalue weighted by Crippen LogP contribution is -2.59. The Kier molecular flexibility index (Phi) is 10.5. The zero-order valence-corrected chi connectivity index (χ0v) is 27.2. The molecule has 11 heteroatoms. The smallest absolute Gasteiger partial charge is 0.247 e. The van der Waals surface area contributed by atoms with Gasteiger partial charge in [0.15, 0.2) is 0 Å². The van der Waals surface area contributed by atoms with Crippen LogP contribution in [0, 0.1) is 6.92 Å². The predicted molar refractivity (Wildman–Crippen MR) is 174 cm³/mol. The lowest BCUT2D eigenvalue weighted by molar-refractivity contribution is -0.231. The molecule has 0 saturated carbocycles. The van der Waals surface area contributed by atoms with Crippen molar-refractivity contribution in [3.05, 3.63) is 70.9 Å². The molecule has 0 unspecified atom stereocenters. The number of carbonyl (C=O) groups excluding carboxylic acids is 2. The predicted octanol–water partition coefficient (Wildman–Crippen LogP) is 1.50. The highest BCUT2D eigenvalue weighted by Gasteiger charge is 2.45. The molecule has 2 aliphatic heterocycles. The number of ether oxygens (including phenoxy) is 1. The van der Waals surface area contributed by atoms with Gasteiger partial charge in [-0.15, -0.1) is 0 Å². The average Bonchev–Trinajstić information content (AvgIpc) is 3.39. The molecule has 250 valence electrons. The number of aliphatic hydroxyl groups excluding tert-OH is 4. The molecule has 5 atom stereocenters. The Balaban J connectivity index is 1.20. The molecular weight excluding hydrogens is 588 g/mol. The lowest BCUT2D eigenvalue weighted by atomic mass is 9.91. The molecule has 11 nitrogen and oxygen atoms in total. The van der Waals surface area contributed by atoms with Crippen molar-refractivity contribution in [1.29, 1.82) is 0 Å². The van der Waals surface area contributed by atoms with Crippen LogP contribution < -0.4 is 5.32 Å². The van der Waals surface area contributed by atoms with E-state index >= 15 is 0 Å². The molecule has 46 heavy (non-hydrogen) atoms. The zero-order chi connectivity index (χ0) is 33.2. The van der Waals surface area contributed by atoms with Crippen molar-refractivity contribution < 1.29 is 34.8 Å². The largest absolute Gasteiger partial charge is 0.394 e. The van der Waals surface area contributed by atoms with Gasteiger partial charge in [0.1, 0.15) is 36.1 Å². The Labute approximate surface area is 270 Å². The molecule has 0 radical (unpaired) electrons. The normalized spacial score (nSPS) is 24.3. The standard InChI is InChI=1S/C35H48N4O7/c1-22-7-5-9-25-26(33-32(44)31(43)30(42)27(21-40)46-33)20-39(29(22)25)19-24-13-11-23(12-14-24)8-6-10-28(41)36-35(2,3)34(45)38-17-15-37(4)16-18-38/h5,7,9,11-14,20,27,30-33,40,42-44H,6,8,10,15-19,21H2,1-4H3,(H,36,41)/t27-,30-,31+,32-,33+/m1/s1. The van der Waals surface area contributed by atoms with Gasteiger partial charge in [0, 0.05) is 56.3 Å². The topological polar surface area (TPSA) is 148 Å². The van der Waals surface area contributed by atoms with Crippen LogP contribution >= 0.6 is 0 Å². The Morgan fingerprint density at radius 2 is 1.63 bits per heavy atom. The quantitative estimate of drug-likeness (QED) is 0.225. The summed E-state index contributed by atoms with van der Waals surface area (Å²) in [5.41, 5.74) is 3.92. The summed E-state index contributed by atoms with van der Waals surface area (Å²) in [7, 11) is 2.04. The number of hydrogen-bond donors (Lipinski definition) is 5. The summed E-state index contributed by atoms with van der Waals surface area (Å²) in [5.74, 6) is -0.176. The number of likely N-dealkylation sites (N-methyl/N-ethyl adjacent to an activating group) is 1. The number of amides is 2. The van der Waals surface area contributed by atoms with Crippen molar-refractivity contribution in [1.82, 2.24) is 19.7 Å². The Bertz CT molecular complexity index is 1510. The van der Waals surface area contributed by atoms with Gasteiger partial charge in [0.25, 0.3) is 0 Å². The molecule has 5 rings (SSSR count). The minimum absolute atomic E-state index is 0.0458. The fourth-order valence-corrected chi connectivity index (χ4v) is 6.62. The second kappa shape index (κ2) is 14.2. The van der Waals surface area contributed by atoms with Crippen LogP contribution in [0.4, 0.5) is 0 Å². The van der Waals surface area contributed by atoms with Crippen LogP contribution in [0.25, 0.3) is 10.9 Å². The number of piperazine rings is 1. The molecule has 1 aromatic heterocycles. The number of nitrogens with zero attached hydrogens (tertiary/aromatic N) is 3. The maximum absolute atomic E-state index is 13.0. The van der Waals surface area contributed by atoms with E-state index in [1.807, 2.05) is 43.3 Å². The summed E-state index contributed by atoms with van der Waals surface area (Å²) in [5, 5.41) is 45.0. The number of para-hydroxylation sites is 1. The van der Waals surface area contributed by atoms with Gasteiger partial charge in [-0.2, -0.15) is 0 Å². The van der Waals surface area contributed by atoms with Gasteiger partial charge < -0.3 is 44.8 Å². The van der Waals surface area contributed by atoms with E-state index in [1.165, 1.54) is 0 Å². The third-order valence-electron chi connectivity index (χ3n) is 9.35. The number of rotatable bonds is 10. The molecular formula is C35H48N4O7. The highest BCUT2D eigenvalue weighted by Crippen LogP contribution is 2.38. The number of carbonyl (C=O) groups is 2. The van der Waals surface area contributed by atoms with Crippen LogP contribution in [0.15, 0.2) is 48.7 Å². The summed E-state index contributed by atoms with van der Waals surface area (Å²) in [6, 6.07) is 14.1. The molecule has 5 N–H and O–H groups in total. The van der Waals surface area contributed by atoms with E-state index in [4.69, 9.17) is 4.74 Å². The van der Waals surface area contributed by atoms with Gasteiger partial charge in [-0.3, -0.25) is 9.59 Å². The van der Waals surface area contributed by atoms with Crippen LogP contribution in [-0.4, -0.2) is 116 Å². The van der Waals surface area contributed by atoms with Gasteiger partial charge >= 0.3 is 0 Å². The molecule has 0 spiro atoms. The first kappa shape index (κ1) is 34.0. The van der Waals surface area contributed by atoms with Gasteiger partial charge in [-0.1, -0.05) is 42.5 Å². The molecule has 3 heterocycles. The molecule has 2 amide bonds. The van der Waals surface area contributed by atoms with E-state index in [0.29, 0.717) is 38.0 Å². The Hall–Kier alpha value is -3.32. The minimum atomic E-state index is -1.45. The second-order valence-corrected chi connectivity index (χ2v) is 13.4. The minimum Gasteiger partial charge on any atom is -0.394 e. The van der Waals surface area contributed by atoms with E-state index in [-0.39, 0.29) is 11.8 Å². The third-order valence-corrected chi connectivity index (χ3v) is 9.35. The number of hydrogen-bond acceptors (Lipinski definition) is 8. The van der Waals surface area contributed by atoms with Gasteiger partial charge in [0.2, 0.25) is 11.8 Å². The second-order valence-electron chi connectivity index (χ2n) is 13.4. The molecule has 2 fully saturated rings. The Morgan fingerprint density at radius 1 is 0.957 bits per heavy atom. The first-order valence-electron chi connectivity index (χ1n) is 16.1. The number of nitrogens with one attached hydrogen (secondary N) is 1. The fourth-order valence-electron chi connectivity index (χ4n) is 6.62. The molecule has 0 bridgehead atoms. The number of aryl methyl sites for hydroxylation is 2. The third kappa shape index (κ3) is 7.30. The van der Waals surface area contributed by atoms with E-state index in [2.05, 4.69) is 39.0 Å². The van der Waals surface area contributed by atoms with Crippen LogP contribution in [-0.2, 0) is 27.3 Å². The van der Waals surface area contributed by atoms with Crippen molar-refractivity contribution in [2.24, 2.45) is 0 Å². The van der Waals surface area contributed by atoms with Crippen LogP contribution in [0.2, 0.25) is 0 Å². The van der Waals surface area contributed by atoms with E-state index in [9.17, 15) is 30.0 Å². The monoisotopic (exact) mass is 636 g/mol. The number of aliphatic hydroxyl groups is 4. The van der Waals surface area contributed by atoms with E-state index in [1.54, 1.807) is 13.8 Å². The summed E-state index contributed by atoms with van der Waals surface area (Å²) in [6.45, 7) is 8.63. The molecule has 0 aliphatic carbocycles. The average molecular weight is 637 g/mol. The first-order valence-corrected chi connectivity index (χ1v) is 16.1. The summed E-state index contributed by atoms with van der Waals surface area (Å²) >= 11 is 0. The fraction of sp³-hybridized carbons (Fsp3) is 0.543. The molecule has 2 saturated heterocycles. The summed E-state index contributed by atoms with van der Waals surface area (Å²) in [6.07, 6.45) is -2.50. The van der Waals surface area contributed by atoms with Crippen LogP contribution in [0.5, 0.6) is 0 Å². The van der Waals surface area contributed by atoms with Crippen molar-refractivity contribution in [3.8, 4) is 0 Å². The van der Waals surface area contributed by atoms with E-state index < -0.39 is 42.7 Å². The van der Waals surface area contributed by atoms with Crippen molar-refractivity contribution in [2.75, 3.05) is 39.8 Å². The van der Waals surface area contributed by atoms with Gasteiger partial charge in [-0.05, 0) is 57.4 Å². The van der Waals surface area contributed by atoms with Gasteiger partial charge in [0.05, 0.1) is 12.1 Å². The highest BCUT2D eigenvalue weighted by molar-refractivity contribution is 5.91. The van der Waals surface area contributed by atoms with Crippen molar-refractivity contribution >= 4 is 22.7 Å². The SMILES string of the molecule is Cc1cccc2c([C@@H]3O[C@H](CO)[C@@H](O)[C@H](O)[C@H]3O)cn(Cc3ccc(CCCC(=O)NC(C)(C)C(=O)N4CCN(C)CC4)cc3)c12. The summed E-state index contributed by atoms with van der Waals surface area (Å²) in [4.78, 5) is 29.8. The maximum Gasteiger partial charge on any atom is 0.247 e. The van der Waals surface area contributed by atoms with Gasteiger partial charge in [-0.25, -0.2) is 0 Å². The number of fused-ring (bicyclic) bond motifs is 1. The first-order chi connectivity index (χ1) is 21.9. The Morgan fingerprint density at radius 3 is 2.30 bits per heavy atom. The number of aromatic nitrogens is 1. The molecule has 2 aromatic carbocycles. The van der Waals surface area contributed by atoms with Crippen LogP contribution in [0.3, 0.4) is 0 Å². The molecule has 2 aliphatic rings. The zero-order valence-electron chi connectivity index (χ0n) is 27.2. The maximum atomic E-state index is 13.0. The van der Waals surface area contributed by atoms with E-state index in [0.717, 1.165) is 47.1 Å². The lowest BCUT2D eigenvalue weighted by Gasteiger charge is -2.40.